The minimum absolute atomic E-state index is 0.0955. The molecule has 0 atom stereocenters. The van der Waals surface area contributed by atoms with Crippen LogP contribution in [0.4, 0.5) is 0 Å². The Labute approximate surface area is 96.4 Å². The van der Waals surface area contributed by atoms with Gasteiger partial charge in [-0.3, -0.25) is 4.79 Å². The molecule has 0 N–H and O–H groups in total. The number of hydrogen-bond acceptors (Lipinski definition) is 2. The smallest absolute Gasteiger partial charge is 0.257 e. The Morgan fingerprint density at radius 3 is 2.62 bits per heavy atom. The monoisotopic (exact) mass is 221 g/mol. The van der Waals surface area contributed by atoms with Crippen molar-refractivity contribution in [2.24, 2.45) is 0 Å². The van der Waals surface area contributed by atoms with E-state index in [2.05, 4.69) is 0 Å². The lowest BCUT2D eigenvalue weighted by Crippen LogP contribution is -2.38. The zero-order valence-corrected chi connectivity index (χ0v) is 10.0. The van der Waals surface area contributed by atoms with Gasteiger partial charge in [0.15, 0.2) is 0 Å². The van der Waals surface area contributed by atoms with Crippen molar-refractivity contribution in [1.29, 1.82) is 0 Å². The summed E-state index contributed by atoms with van der Waals surface area (Å²) in [6, 6.07) is 2.17. The Balaban J connectivity index is 2.06. The molecule has 0 aliphatic heterocycles. The van der Waals surface area contributed by atoms with Crippen molar-refractivity contribution in [2.45, 2.75) is 45.1 Å². The van der Waals surface area contributed by atoms with Crippen molar-refractivity contribution in [2.75, 3.05) is 7.05 Å². The van der Waals surface area contributed by atoms with E-state index in [-0.39, 0.29) is 5.91 Å². The summed E-state index contributed by atoms with van der Waals surface area (Å²) >= 11 is 0. The molecule has 1 fully saturated rings. The normalized spacial score (nSPS) is 17.4. The maximum Gasteiger partial charge on any atom is 0.257 e. The number of nitrogens with zero attached hydrogens (tertiary/aromatic N) is 1. The Hall–Kier alpha value is -1.25. The first-order valence-corrected chi connectivity index (χ1v) is 6.01. The van der Waals surface area contributed by atoms with Gasteiger partial charge in [-0.1, -0.05) is 19.3 Å². The number of furan rings is 1. The number of hydrogen-bond donors (Lipinski definition) is 0. The topological polar surface area (TPSA) is 33.5 Å². The molecule has 0 radical (unpaired) electrons. The minimum Gasteiger partial charge on any atom is -0.469 e. The zero-order chi connectivity index (χ0) is 11.5. The first-order valence-electron chi connectivity index (χ1n) is 6.01. The summed E-state index contributed by atoms with van der Waals surface area (Å²) in [7, 11) is 1.91. The molecule has 0 saturated heterocycles. The van der Waals surface area contributed by atoms with Crippen LogP contribution in [0.15, 0.2) is 16.7 Å². The van der Waals surface area contributed by atoms with Crippen LogP contribution < -0.4 is 0 Å². The molecule has 88 valence electrons. The highest BCUT2D eigenvalue weighted by Crippen LogP contribution is 2.23. The third-order valence-electron chi connectivity index (χ3n) is 3.53. The van der Waals surface area contributed by atoms with Crippen molar-refractivity contribution in [1.82, 2.24) is 4.90 Å². The molecule has 0 aromatic carbocycles. The van der Waals surface area contributed by atoms with Crippen molar-refractivity contribution in [3.63, 3.8) is 0 Å². The third-order valence-corrected chi connectivity index (χ3v) is 3.53. The summed E-state index contributed by atoms with van der Waals surface area (Å²) in [5.41, 5.74) is 0.702. The van der Waals surface area contributed by atoms with Crippen LogP contribution in [0.1, 0.15) is 48.2 Å². The van der Waals surface area contributed by atoms with E-state index >= 15 is 0 Å². The highest BCUT2D eigenvalue weighted by Gasteiger charge is 2.24. The standard InChI is InChI=1S/C13H19NO2/c1-10-12(8-9-16-10)13(15)14(2)11-6-4-3-5-7-11/h8-9,11H,3-7H2,1-2H3. The van der Waals surface area contributed by atoms with Crippen molar-refractivity contribution >= 4 is 5.91 Å². The van der Waals surface area contributed by atoms with Crippen LogP contribution in [0.3, 0.4) is 0 Å². The first kappa shape index (κ1) is 11.2. The van der Waals surface area contributed by atoms with E-state index in [1.54, 1.807) is 12.3 Å². The molecular weight excluding hydrogens is 202 g/mol. The number of aryl methyl sites for hydroxylation is 1. The first-order chi connectivity index (χ1) is 7.70. The van der Waals surface area contributed by atoms with E-state index < -0.39 is 0 Å². The van der Waals surface area contributed by atoms with Crippen LogP contribution in [0.2, 0.25) is 0 Å². The Morgan fingerprint density at radius 1 is 1.38 bits per heavy atom. The molecule has 0 bridgehead atoms. The summed E-state index contributed by atoms with van der Waals surface area (Å²) in [5, 5.41) is 0. The minimum atomic E-state index is 0.0955. The van der Waals surface area contributed by atoms with Crippen LogP contribution in [-0.4, -0.2) is 23.9 Å². The molecular formula is C13H19NO2. The second-order valence-electron chi connectivity index (χ2n) is 4.60. The Morgan fingerprint density at radius 2 is 2.06 bits per heavy atom. The van der Waals surface area contributed by atoms with Crippen LogP contribution in [0.25, 0.3) is 0 Å². The molecule has 1 heterocycles. The average molecular weight is 221 g/mol. The van der Waals surface area contributed by atoms with Crippen molar-refractivity contribution < 1.29 is 9.21 Å². The van der Waals surface area contributed by atoms with Gasteiger partial charge < -0.3 is 9.32 Å². The van der Waals surface area contributed by atoms with Crippen LogP contribution in [0.5, 0.6) is 0 Å². The van der Waals surface area contributed by atoms with Crippen LogP contribution in [0, 0.1) is 6.92 Å². The molecule has 1 aliphatic carbocycles. The lowest BCUT2D eigenvalue weighted by atomic mass is 9.94. The highest BCUT2D eigenvalue weighted by atomic mass is 16.3. The molecule has 0 spiro atoms. The molecule has 1 aromatic rings. The van der Waals surface area contributed by atoms with Gasteiger partial charge in [-0.25, -0.2) is 0 Å². The SMILES string of the molecule is Cc1occc1C(=O)N(C)C1CCCCC1. The van der Waals surface area contributed by atoms with Gasteiger partial charge in [-0.2, -0.15) is 0 Å². The van der Waals surface area contributed by atoms with E-state index in [4.69, 9.17) is 4.42 Å². The molecule has 3 heteroatoms. The van der Waals surface area contributed by atoms with Crippen LogP contribution >= 0.6 is 0 Å². The molecule has 1 aliphatic rings. The molecule has 1 saturated carbocycles. The fourth-order valence-electron chi connectivity index (χ4n) is 2.43. The van der Waals surface area contributed by atoms with Gasteiger partial charge in [0, 0.05) is 13.1 Å². The van der Waals surface area contributed by atoms with Crippen molar-refractivity contribution in [3.05, 3.63) is 23.7 Å². The van der Waals surface area contributed by atoms with Gasteiger partial charge in [-0.15, -0.1) is 0 Å². The molecule has 0 unspecified atom stereocenters. The Kier molecular flexibility index (Phi) is 3.32. The fourth-order valence-corrected chi connectivity index (χ4v) is 2.43. The predicted octanol–water partition coefficient (Wildman–Crippen LogP) is 2.99. The van der Waals surface area contributed by atoms with E-state index in [0.717, 1.165) is 12.8 Å². The largest absolute Gasteiger partial charge is 0.469 e. The maximum absolute atomic E-state index is 12.2. The van der Waals surface area contributed by atoms with Gasteiger partial charge in [-0.05, 0) is 25.8 Å². The lowest BCUT2D eigenvalue weighted by molar-refractivity contribution is 0.0694. The number of carbonyl (C=O) groups excluding carboxylic acids is 1. The van der Waals surface area contributed by atoms with E-state index in [1.807, 2.05) is 18.9 Å². The lowest BCUT2D eigenvalue weighted by Gasteiger charge is -2.31. The molecule has 2 rings (SSSR count). The summed E-state index contributed by atoms with van der Waals surface area (Å²) in [6.45, 7) is 1.84. The van der Waals surface area contributed by atoms with E-state index in [9.17, 15) is 4.79 Å². The molecule has 16 heavy (non-hydrogen) atoms. The summed E-state index contributed by atoms with van der Waals surface area (Å²) < 4.78 is 5.18. The fraction of sp³-hybridized carbons (Fsp3) is 0.615. The van der Waals surface area contributed by atoms with Gasteiger partial charge in [0.1, 0.15) is 5.76 Å². The number of rotatable bonds is 2. The maximum atomic E-state index is 12.2. The number of carbonyl (C=O) groups is 1. The summed E-state index contributed by atoms with van der Waals surface area (Å²) in [4.78, 5) is 14.1. The predicted molar refractivity (Wildman–Crippen MR) is 62.4 cm³/mol. The van der Waals surface area contributed by atoms with Crippen molar-refractivity contribution in [3.8, 4) is 0 Å². The van der Waals surface area contributed by atoms with E-state index in [0.29, 0.717) is 17.4 Å². The van der Waals surface area contributed by atoms with E-state index in [1.165, 1.54) is 19.3 Å². The third kappa shape index (κ3) is 2.13. The van der Waals surface area contributed by atoms with Crippen LogP contribution in [-0.2, 0) is 0 Å². The summed E-state index contributed by atoms with van der Waals surface area (Å²) in [5.74, 6) is 0.811. The summed E-state index contributed by atoms with van der Waals surface area (Å²) in [6.07, 6.45) is 7.65. The zero-order valence-electron chi connectivity index (χ0n) is 10.0. The van der Waals surface area contributed by atoms with Gasteiger partial charge in [0.2, 0.25) is 0 Å². The van der Waals surface area contributed by atoms with Gasteiger partial charge in [0.25, 0.3) is 5.91 Å². The quantitative estimate of drug-likeness (QED) is 0.769. The number of amides is 1. The second kappa shape index (κ2) is 4.73. The molecule has 1 aromatic heterocycles. The second-order valence-corrected chi connectivity index (χ2v) is 4.60. The molecule has 1 amide bonds. The van der Waals surface area contributed by atoms with Gasteiger partial charge >= 0.3 is 0 Å². The van der Waals surface area contributed by atoms with Gasteiger partial charge in [0.05, 0.1) is 11.8 Å². The highest BCUT2D eigenvalue weighted by molar-refractivity contribution is 5.95. The average Bonchev–Trinajstić information content (AvgIpc) is 2.75. The Bertz CT molecular complexity index is 364. The molecule has 3 nitrogen and oxygen atoms in total.